The fraction of sp³-hybridized carbons (Fsp3) is 0.917. The summed E-state index contributed by atoms with van der Waals surface area (Å²) < 4.78 is 0. The first-order valence-corrected chi connectivity index (χ1v) is 5.73. The molecule has 15 heavy (non-hydrogen) atoms. The number of nitrogens with one attached hydrogen (secondary N) is 1. The highest BCUT2D eigenvalue weighted by Crippen LogP contribution is 2.07. The van der Waals surface area contributed by atoms with Crippen LogP contribution in [-0.4, -0.2) is 37.6 Å². The lowest BCUT2D eigenvalue weighted by Crippen LogP contribution is -2.43. The summed E-state index contributed by atoms with van der Waals surface area (Å²) in [6.07, 6.45) is 1.75. The lowest BCUT2D eigenvalue weighted by molar-refractivity contribution is 0.290. The summed E-state index contributed by atoms with van der Waals surface area (Å²) in [4.78, 5) is 2.19. The molecular formula is C12H25N3. The summed E-state index contributed by atoms with van der Waals surface area (Å²) in [7, 11) is 4.17. The lowest BCUT2D eigenvalue weighted by Gasteiger charge is -2.26. The van der Waals surface area contributed by atoms with E-state index in [0.717, 1.165) is 13.0 Å². The van der Waals surface area contributed by atoms with Crippen LogP contribution in [0.4, 0.5) is 0 Å². The molecule has 0 aliphatic carbocycles. The fourth-order valence-corrected chi connectivity index (χ4v) is 1.80. The van der Waals surface area contributed by atoms with E-state index in [-0.39, 0.29) is 0 Å². The SMILES string of the molecule is CC(C)CC(CN(C)C)NC(C)CC#N. The Kier molecular flexibility index (Phi) is 7.37. The van der Waals surface area contributed by atoms with E-state index in [4.69, 9.17) is 5.26 Å². The van der Waals surface area contributed by atoms with Crippen molar-refractivity contribution < 1.29 is 0 Å². The molecule has 3 nitrogen and oxygen atoms in total. The van der Waals surface area contributed by atoms with E-state index in [2.05, 4.69) is 51.2 Å². The Balaban J connectivity index is 4.06. The van der Waals surface area contributed by atoms with Gasteiger partial charge in [-0.25, -0.2) is 0 Å². The minimum absolute atomic E-state index is 0.290. The summed E-state index contributed by atoms with van der Waals surface area (Å²) in [6.45, 7) is 7.58. The minimum Gasteiger partial charge on any atom is -0.309 e. The Morgan fingerprint density at radius 2 is 1.87 bits per heavy atom. The number of rotatable bonds is 7. The molecule has 3 heteroatoms. The van der Waals surface area contributed by atoms with Crippen molar-refractivity contribution in [3.05, 3.63) is 0 Å². The number of likely N-dealkylation sites (N-methyl/N-ethyl adjacent to an activating group) is 1. The molecule has 0 heterocycles. The molecule has 0 aliphatic heterocycles. The van der Waals surface area contributed by atoms with Gasteiger partial charge in [0.25, 0.3) is 0 Å². The molecule has 0 aromatic carbocycles. The van der Waals surface area contributed by atoms with Crippen LogP contribution in [0.1, 0.15) is 33.6 Å². The maximum Gasteiger partial charge on any atom is 0.0638 e. The molecule has 0 rings (SSSR count). The molecule has 0 fully saturated rings. The highest BCUT2D eigenvalue weighted by molar-refractivity contribution is 4.81. The van der Waals surface area contributed by atoms with Crippen molar-refractivity contribution in [3.8, 4) is 6.07 Å². The molecule has 0 saturated heterocycles. The second-order valence-corrected chi connectivity index (χ2v) is 5.02. The van der Waals surface area contributed by atoms with Crippen molar-refractivity contribution in [2.24, 2.45) is 5.92 Å². The zero-order valence-electron chi connectivity index (χ0n) is 10.7. The molecule has 0 saturated carbocycles. The van der Waals surface area contributed by atoms with Crippen LogP contribution in [0, 0.1) is 17.2 Å². The Morgan fingerprint density at radius 1 is 1.27 bits per heavy atom. The van der Waals surface area contributed by atoms with E-state index in [9.17, 15) is 0 Å². The average molecular weight is 211 g/mol. The van der Waals surface area contributed by atoms with Gasteiger partial charge in [0.1, 0.15) is 0 Å². The maximum absolute atomic E-state index is 8.61. The predicted molar refractivity (Wildman–Crippen MR) is 64.6 cm³/mol. The summed E-state index contributed by atoms with van der Waals surface area (Å²) >= 11 is 0. The van der Waals surface area contributed by atoms with Crippen LogP contribution in [0.25, 0.3) is 0 Å². The van der Waals surface area contributed by atoms with Crippen molar-refractivity contribution in [2.75, 3.05) is 20.6 Å². The molecule has 0 aromatic rings. The number of hydrogen-bond acceptors (Lipinski definition) is 3. The van der Waals surface area contributed by atoms with Gasteiger partial charge in [-0.05, 0) is 33.4 Å². The first-order valence-electron chi connectivity index (χ1n) is 5.73. The molecule has 0 bridgehead atoms. The molecule has 2 unspecified atom stereocenters. The zero-order chi connectivity index (χ0) is 11.8. The van der Waals surface area contributed by atoms with Gasteiger partial charge in [0.05, 0.1) is 12.5 Å². The molecule has 0 amide bonds. The Morgan fingerprint density at radius 3 is 2.27 bits per heavy atom. The molecule has 0 aliphatic rings. The molecule has 0 spiro atoms. The number of hydrogen-bond donors (Lipinski definition) is 1. The number of nitrogens with zero attached hydrogens (tertiary/aromatic N) is 2. The summed E-state index contributed by atoms with van der Waals surface area (Å²) in [6, 6.07) is 2.98. The van der Waals surface area contributed by atoms with Crippen LogP contribution in [0.5, 0.6) is 0 Å². The van der Waals surface area contributed by atoms with Crippen LogP contribution in [0.2, 0.25) is 0 Å². The molecule has 0 radical (unpaired) electrons. The summed E-state index contributed by atoms with van der Waals surface area (Å²) in [5.74, 6) is 0.691. The molecular weight excluding hydrogens is 186 g/mol. The van der Waals surface area contributed by atoms with E-state index < -0.39 is 0 Å². The van der Waals surface area contributed by atoms with Gasteiger partial charge in [-0.15, -0.1) is 0 Å². The Bertz CT molecular complexity index is 184. The van der Waals surface area contributed by atoms with Gasteiger partial charge in [0.2, 0.25) is 0 Å². The standard InChI is InChI=1S/C12H25N3/c1-10(2)8-12(9-15(4)5)14-11(3)6-7-13/h10-12,14H,6,8-9H2,1-5H3. The van der Waals surface area contributed by atoms with Gasteiger partial charge < -0.3 is 10.2 Å². The largest absolute Gasteiger partial charge is 0.309 e. The molecule has 2 atom stereocenters. The van der Waals surface area contributed by atoms with Gasteiger partial charge >= 0.3 is 0 Å². The van der Waals surface area contributed by atoms with Crippen LogP contribution in [-0.2, 0) is 0 Å². The van der Waals surface area contributed by atoms with Gasteiger partial charge in [-0.1, -0.05) is 13.8 Å². The van der Waals surface area contributed by atoms with E-state index in [0.29, 0.717) is 24.4 Å². The van der Waals surface area contributed by atoms with Crippen molar-refractivity contribution in [1.82, 2.24) is 10.2 Å². The normalized spacial score (nSPS) is 15.3. The van der Waals surface area contributed by atoms with E-state index >= 15 is 0 Å². The van der Waals surface area contributed by atoms with Crippen molar-refractivity contribution in [1.29, 1.82) is 5.26 Å². The van der Waals surface area contributed by atoms with Gasteiger partial charge in [0, 0.05) is 18.6 Å². The van der Waals surface area contributed by atoms with Crippen LogP contribution >= 0.6 is 0 Å². The van der Waals surface area contributed by atoms with Crippen molar-refractivity contribution in [2.45, 2.75) is 45.7 Å². The smallest absolute Gasteiger partial charge is 0.0638 e. The van der Waals surface area contributed by atoms with Crippen LogP contribution in [0.15, 0.2) is 0 Å². The lowest BCUT2D eigenvalue weighted by atomic mass is 10.0. The van der Waals surface area contributed by atoms with Gasteiger partial charge in [-0.3, -0.25) is 0 Å². The monoisotopic (exact) mass is 211 g/mol. The third-order valence-electron chi connectivity index (χ3n) is 2.26. The number of nitriles is 1. The highest BCUT2D eigenvalue weighted by atomic mass is 15.1. The van der Waals surface area contributed by atoms with E-state index in [1.54, 1.807) is 0 Å². The molecule has 0 aromatic heterocycles. The average Bonchev–Trinajstić information content (AvgIpc) is 2.00. The Hall–Kier alpha value is -0.590. The molecule has 88 valence electrons. The third-order valence-corrected chi connectivity index (χ3v) is 2.26. The second kappa shape index (κ2) is 7.67. The Labute approximate surface area is 94.5 Å². The zero-order valence-corrected chi connectivity index (χ0v) is 10.7. The van der Waals surface area contributed by atoms with E-state index in [1.165, 1.54) is 0 Å². The van der Waals surface area contributed by atoms with Gasteiger partial charge in [0.15, 0.2) is 0 Å². The first-order chi connectivity index (χ1) is 6.95. The van der Waals surface area contributed by atoms with Crippen molar-refractivity contribution >= 4 is 0 Å². The second-order valence-electron chi connectivity index (χ2n) is 5.02. The van der Waals surface area contributed by atoms with Gasteiger partial charge in [-0.2, -0.15) is 5.26 Å². The topological polar surface area (TPSA) is 39.1 Å². The van der Waals surface area contributed by atoms with Crippen LogP contribution < -0.4 is 5.32 Å². The highest BCUT2D eigenvalue weighted by Gasteiger charge is 2.14. The third kappa shape index (κ3) is 8.41. The van der Waals surface area contributed by atoms with Crippen molar-refractivity contribution in [3.63, 3.8) is 0 Å². The predicted octanol–water partition coefficient (Wildman–Crippen LogP) is 1.85. The first kappa shape index (κ1) is 14.4. The van der Waals surface area contributed by atoms with Crippen LogP contribution in [0.3, 0.4) is 0 Å². The summed E-state index contributed by atoms with van der Waals surface area (Å²) in [5, 5.41) is 12.1. The fourth-order valence-electron chi connectivity index (χ4n) is 1.80. The van der Waals surface area contributed by atoms with E-state index in [1.807, 2.05) is 0 Å². The quantitative estimate of drug-likeness (QED) is 0.698. The summed E-state index contributed by atoms with van der Waals surface area (Å²) in [5.41, 5.74) is 0. The minimum atomic E-state index is 0.290. The molecule has 1 N–H and O–H groups in total. The maximum atomic E-state index is 8.61.